The van der Waals surface area contributed by atoms with E-state index in [0.717, 1.165) is 0 Å². The van der Waals surface area contributed by atoms with Gasteiger partial charge in [-0.1, -0.05) is 30.3 Å². The van der Waals surface area contributed by atoms with Gasteiger partial charge in [0, 0.05) is 17.8 Å². The summed E-state index contributed by atoms with van der Waals surface area (Å²) in [5, 5.41) is 12.9. The number of methoxy groups -OCH3 is 2. The number of carbonyl (C=O) groups excluding carboxylic acids is 2. The van der Waals surface area contributed by atoms with Crippen molar-refractivity contribution in [1.82, 2.24) is 4.90 Å². The van der Waals surface area contributed by atoms with E-state index in [1.54, 1.807) is 54.6 Å². The minimum absolute atomic E-state index is 0.0539. The molecule has 2 amide bonds. The first kappa shape index (κ1) is 29.9. The van der Waals surface area contributed by atoms with Crippen molar-refractivity contribution in [3.63, 3.8) is 0 Å². The summed E-state index contributed by atoms with van der Waals surface area (Å²) in [4.78, 5) is 40.4. The number of carboxylic acids is 1. The Bertz CT molecular complexity index is 1670. The summed E-state index contributed by atoms with van der Waals surface area (Å²) in [5.41, 5.74) is 6.89. The Balaban J connectivity index is 1.61. The molecule has 1 aliphatic heterocycles. The molecule has 12 heteroatoms. The molecule has 5 rings (SSSR count). The number of ether oxygens (including phenoxy) is 2. The SMILES string of the molecule is COc1ccc([C@H](Nc2cccc(C(N)=O)c2)C(=O)N2CC[C@H](C(=O)O)[C@@H]2c2ccccc2S(=O)(=O)C2CC2)cc1OC. The quantitative estimate of drug-likeness (QED) is 0.295. The molecule has 4 N–H and O–H groups in total. The minimum atomic E-state index is -3.70. The first-order valence-corrected chi connectivity index (χ1v) is 15.4. The Hall–Kier alpha value is -4.58. The topological polar surface area (TPSA) is 165 Å². The third-order valence-corrected chi connectivity index (χ3v) is 10.3. The second-order valence-electron chi connectivity index (χ2n) is 10.6. The van der Waals surface area contributed by atoms with Gasteiger partial charge in [0.15, 0.2) is 21.3 Å². The number of anilines is 1. The normalized spacial score (nSPS) is 19.0. The van der Waals surface area contributed by atoms with Crippen LogP contribution in [0.25, 0.3) is 0 Å². The van der Waals surface area contributed by atoms with Crippen LogP contribution in [0.5, 0.6) is 11.5 Å². The Morgan fingerprint density at radius 2 is 1.67 bits per heavy atom. The molecule has 3 atom stereocenters. The van der Waals surface area contributed by atoms with Crippen LogP contribution in [0.4, 0.5) is 5.69 Å². The molecular weight excluding hydrogens is 574 g/mol. The second kappa shape index (κ2) is 12.0. The summed E-state index contributed by atoms with van der Waals surface area (Å²) >= 11 is 0. The number of aliphatic carboxylic acids is 1. The lowest BCUT2D eigenvalue weighted by molar-refractivity contribution is -0.143. The molecule has 0 bridgehead atoms. The molecule has 226 valence electrons. The van der Waals surface area contributed by atoms with E-state index in [2.05, 4.69) is 5.32 Å². The van der Waals surface area contributed by atoms with Crippen LogP contribution in [-0.2, 0) is 19.4 Å². The van der Waals surface area contributed by atoms with E-state index in [4.69, 9.17) is 15.2 Å². The van der Waals surface area contributed by atoms with Gasteiger partial charge in [0.2, 0.25) is 11.8 Å². The van der Waals surface area contributed by atoms with E-state index in [1.807, 2.05) is 0 Å². The molecule has 0 radical (unpaired) electrons. The van der Waals surface area contributed by atoms with Gasteiger partial charge in [0.25, 0.3) is 0 Å². The van der Waals surface area contributed by atoms with Crippen LogP contribution >= 0.6 is 0 Å². The fourth-order valence-electron chi connectivity index (χ4n) is 5.64. The van der Waals surface area contributed by atoms with E-state index < -0.39 is 50.9 Å². The predicted octanol–water partition coefficient (Wildman–Crippen LogP) is 3.57. The number of sulfone groups is 1. The van der Waals surface area contributed by atoms with E-state index in [9.17, 15) is 27.9 Å². The third-order valence-electron chi connectivity index (χ3n) is 7.95. The van der Waals surface area contributed by atoms with E-state index >= 15 is 0 Å². The van der Waals surface area contributed by atoms with E-state index in [-0.39, 0.29) is 29.0 Å². The Morgan fingerprint density at radius 3 is 2.33 bits per heavy atom. The van der Waals surface area contributed by atoms with Crippen LogP contribution < -0.4 is 20.5 Å². The van der Waals surface area contributed by atoms with Crippen LogP contribution in [0.2, 0.25) is 0 Å². The molecule has 11 nitrogen and oxygen atoms in total. The first-order valence-electron chi connectivity index (χ1n) is 13.8. The summed E-state index contributed by atoms with van der Waals surface area (Å²) in [5.74, 6) is -2.46. The number of benzene rings is 3. The molecular formula is C31H33N3O8S. The van der Waals surface area contributed by atoms with Crippen LogP contribution in [0.15, 0.2) is 71.6 Å². The van der Waals surface area contributed by atoms with Crippen molar-refractivity contribution in [2.75, 3.05) is 26.1 Å². The summed E-state index contributed by atoms with van der Waals surface area (Å²) in [6, 6.07) is 15.6. The van der Waals surface area contributed by atoms with Crippen molar-refractivity contribution in [1.29, 1.82) is 0 Å². The molecule has 1 saturated carbocycles. The lowest BCUT2D eigenvalue weighted by Crippen LogP contribution is -2.40. The van der Waals surface area contributed by atoms with Gasteiger partial charge in [-0.15, -0.1) is 0 Å². The summed E-state index contributed by atoms with van der Waals surface area (Å²) < 4.78 is 37.7. The average Bonchev–Trinajstić information content (AvgIpc) is 3.78. The Kier molecular flexibility index (Phi) is 8.32. The van der Waals surface area contributed by atoms with Crippen LogP contribution in [0.1, 0.15) is 52.8 Å². The largest absolute Gasteiger partial charge is 0.493 e. The molecule has 2 fully saturated rings. The predicted molar refractivity (Wildman–Crippen MR) is 158 cm³/mol. The van der Waals surface area contributed by atoms with Gasteiger partial charge >= 0.3 is 5.97 Å². The average molecular weight is 608 g/mol. The molecule has 2 aliphatic rings. The van der Waals surface area contributed by atoms with Gasteiger partial charge in [0.1, 0.15) is 6.04 Å². The number of hydrogen-bond acceptors (Lipinski definition) is 8. The molecule has 1 saturated heterocycles. The van der Waals surface area contributed by atoms with Crippen molar-refractivity contribution in [3.05, 3.63) is 83.4 Å². The van der Waals surface area contributed by atoms with Gasteiger partial charge in [-0.2, -0.15) is 0 Å². The number of likely N-dealkylation sites (tertiary alicyclic amines) is 1. The maximum absolute atomic E-state index is 14.5. The standard InChI is InChI=1S/C31H33N3O8S/c1-41-24-13-10-18(17-25(24)42-2)27(33-20-7-5-6-19(16-20)29(32)35)30(36)34-15-14-23(31(37)38)28(34)22-8-3-4-9-26(22)43(39,40)21-11-12-21/h3-10,13,16-17,21,23,27-28,33H,11-12,14-15H2,1-2H3,(H2,32,35)(H,37,38)/t23-,27-,28-/m0/s1. The van der Waals surface area contributed by atoms with E-state index in [1.165, 1.54) is 31.3 Å². The number of hydrogen-bond donors (Lipinski definition) is 3. The Labute approximate surface area is 249 Å². The Morgan fingerprint density at radius 1 is 0.953 bits per heavy atom. The minimum Gasteiger partial charge on any atom is -0.493 e. The van der Waals surface area contributed by atoms with Gasteiger partial charge in [-0.3, -0.25) is 14.4 Å². The number of rotatable bonds is 11. The van der Waals surface area contributed by atoms with Gasteiger partial charge in [0.05, 0.1) is 36.3 Å². The third kappa shape index (κ3) is 5.87. The van der Waals surface area contributed by atoms with Gasteiger partial charge in [-0.05, 0) is 66.8 Å². The van der Waals surface area contributed by atoms with Crippen LogP contribution in [0.3, 0.4) is 0 Å². The zero-order valence-corrected chi connectivity index (χ0v) is 24.5. The second-order valence-corrected chi connectivity index (χ2v) is 12.8. The number of nitrogens with one attached hydrogen (secondary N) is 1. The zero-order chi connectivity index (χ0) is 30.9. The number of amides is 2. The highest BCUT2D eigenvalue weighted by Crippen LogP contribution is 2.44. The lowest BCUT2D eigenvalue weighted by atomic mass is 9.93. The molecule has 0 spiro atoms. The monoisotopic (exact) mass is 607 g/mol. The fraction of sp³-hybridized carbons (Fsp3) is 0.323. The van der Waals surface area contributed by atoms with Gasteiger partial charge in [-0.25, -0.2) is 8.42 Å². The molecule has 0 unspecified atom stereocenters. The molecule has 1 heterocycles. The first-order chi connectivity index (χ1) is 20.6. The molecule has 43 heavy (non-hydrogen) atoms. The van der Waals surface area contributed by atoms with Gasteiger partial charge < -0.3 is 30.5 Å². The van der Waals surface area contributed by atoms with Crippen molar-refractivity contribution < 1.29 is 37.4 Å². The zero-order valence-electron chi connectivity index (χ0n) is 23.7. The molecule has 3 aromatic rings. The smallest absolute Gasteiger partial charge is 0.309 e. The van der Waals surface area contributed by atoms with Crippen LogP contribution in [0, 0.1) is 5.92 Å². The summed E-state index contributed by atoms with van der Waals surface area (Å²) in [7, 11) is -0.750. The van der Waals surface area contributed by atoms with Crippen molar-refractivity contribution in [2.45, 2.75) is 41.5 Å². The van der Waals surface area contributed by atoms with Crippen molar-refractivity contribution in [3.8, 4) is 11.5 Å². The highest BCUT2D eigenvalue weighted by atomic mass is 32.2. The molecule has 1 aliphatic carbocycles. The highest BCUT2D eigenvalue weighted by molar-refractivity contribution is 7.92. The molecule has 3 aromatic carbocycles. The maximum atomic E-state index is 14.5. The van der Waals surface area contributed by atoms with Crippen molar-refractivity contribution >= 4 is 33.3 Å². The summed E-state index contributed by atoms with van der Waals surface area (Å²) in [6.45, 7) is 0.0884. The number of carboxylic acid groups (broad SMARTS) is 1. The number of primary amides is 1. The fourth-order valence-corrected chi connectivity index (χ4v) is 7.54. The van der Waals surface area contributed by atoms with Crippen LogP contribution in [-0.4, -0.2) is 62.2 Å². The number of nitrogens with zero attached hydrogens (tertiary/aromatic N) is 1. The van der Waals surface area contributed by atoms with E-state index in [0.29, 0.717) is 35.6 Å². The van der Waals surface area contributed by atoms with Crippen molar-refractivity contribution in [2.24, 2.45) is 11.7 Å². The number of carbonyl (C=O) groups is 3. The maximum Gasteiger partial charge on any atom is 0.309 e. The molecule has 0 aromatic heterocycles. The lowest BCUT2D eigenvalue weighted by Gasteiger charge is -2.32. The highest BCUT2D eigenvalue weighted by Gasteiger charge is 2.47. The number of nitrogens with two attached hydrogens (primary N) is 1. The summed E-state index contributed by atoms with van der Waals surface area (Å²) in [6.07, 6.45) is 1.23.